The zero-order valence-corrected chi connectivity index (χ0v) is 11.5. The van der Waals surface area contributed by atoms with Gasteiger partial charge in [-0.15, -0.1) is 11.8 Å². The highest BCUT2D eigenvalue weighted by atomic mass is 32.2. The number of likely N-dealkylation sites (N-methyl/N-ethyl adjacent to an activating group) is 1. The number of aromatic nitrogens is 1. The first kappa shape index (κ1) is 14.0. The van der Waals surface area contributed by atoms with Crippen molar-refractivity contribution in [3.8, 4) is 0 Å². The number of thioether (sulfide) groups is 1. The van der Waals surface area contributed by atoms with E-state index in [1.165, 1.54) is 5.56 Å². The van der Waals surface area contributed by atoms with Crippen LogP contribution >= 0.6 is 11.8 Å². The zero-order valence-electron chi connectivity index (χ0n) is 10.7. The van der Waals surface area contributed by atoms with Crippen LogP contribution in [0, 0.1) is 0 Å². The summed E-state index contributed by atoms with van der Waals surface area (Å²) in [5.41, 5.74) is 1.22. The van der Waals surface area contributed by atoms with Crippen molar-refractivity contribution in [1.29, 1.82) is 0 Å². The van der Waals surface area contributed by atoms with Crippen molar-refractivity contribution < 1.29 is 4.79 Å². The van der Waals surface area contributed by atoms with Gasteiger partial charge in [-0.2, -0.15) is 0 Å². The third kappa shape index (κ3) is 4.77. The van der Waals surface area contributed by atoms with Gasteiger partial charge in [0, 0.05) is 26.0 Å². The highest BCUT2D eigenvalue weighted by molar-refractivity contribution is 8.00. The maximum Gasteiger partial charge on any atom is 0.235 e. The Morgan fingerprint density at radius 3 is 2.71 bits per heavy atom. The molecule has 94 valence electrons. The second-order valence-corrected chi connectivity index (χ2v) is 5.58. The van der Waals surface area contributed by atoms with Crippen LogP contribution in [-0.2, 0) is 11.2 Å². The normalized spacial score (nSPS) is 12.2. The molecule has 0 N–H and O–H groups in total. The number of hydrogen-bond acceptors (Lipinski definition) is 3. The first-order chi connectivity index (χ1) is 8.15. The summed E-state index contributed by atoms with van der Waals surface area (Å²) >= 11 is 1.69. The minimum Gasteiger partial charge on any atom is -0.344 e. The molecule has 0 saturated heterocycles. The van der Waals surface area contributed by atoms with Crippen LogP contribution in [0.15, 0.2) is 24.5 Å². The predicted molar refractivity (Wildman–Crippen MR) is 73.2 cm³/mol. The van der Waals surface area contributed by atoms with Crippen molar-refractivity contribution in [3.05, 3.63) is 30.1 Å². The fraction of sp³-hybridized carbons (Fsp3) is 0.538. The Hall–Kier alpha value is -1.03. The lowest BCUT2D eigenvalue weighted by Gasteiger charge is -2.20. The fourth-order valence-electron chi connectivity index (χ4n) is 1.59. The number of amides is 1. The number of rotatable bonds is 6. The van der Waals surface area contributed by atoms with Gasteiger partial charge < -0.3 is 4.90 Å². The van der Waals surface area contributed by atoms with E-state index in [2.05, 4.69) is 11.9 Å². The second-order valence-electron chi connectivity index (χ2n) is 3.96. The van der Waals surface area contributed by atoms with E-state index in [9.17, 15) is 4.79 Å². The lowest BCUT2D eigenvalue weighted by atomic mass is 10.2. The largest absolute Gasteiger partial charge is 0.344 e. The Morgan fingerprint density at radius 1 is 1.47 bits per heavy atom. The molecule has 1 heterocycles. The van der Waals surface area contributed by atoms with E-state index >= 15 is 0 Å². The van der Waals surface area contributed by atoms with Crippen LogP contribution in [0.25, 0.3) is 0 Å². The molecule has 17 heavy (non-hydrogen) atoms. The number of carbonyl (C=O) groups is 1. The highest BCUT2D eigenvalue weighted by Crippen LogP contribution is 2.12. The lowest BCUT2D eigenvalue weighted by Crippen LogP contribution is -2.34. The molecule has 0 spiro atoms. The summed E-state index contributed by atoms with van der Waals surface area (Å²) in [6, 6.07) is 3.98. The van der Waals surface area contributed by atoms with Gasteiger partial charge in [-0.25, -0.2) is 0 Å². The first-order valence-electron chi connectivity index (χ1n) is 5.90. The summed E-state index contributed by atoms with van der Waals surface area (Å²) in [6.45, 7) is 4.81. The summed E-state index contributed by atoms with van der Waals surface area (Å²) in [7, 11) is 1.87. The molecule has 0 radical (unpaired) electrons. The Morgan fingerprint density at radius 2 is 2.12 bits per heavy atom. The molecule has 1 amide bonds. The molecule has 0 aromatic carbocycles. The molecule has 4 heteroatoms. The number of pyridine rings is 1. The van der Waals surface area contributed by atoms with Crippen LogP contribution in [0.5, 0.6) is 0 Å². The molecule has 1 rings (SSSR count). The van der Waals surface area contributed by atoms with E-state index in [0.717, 1.165) is 18.7 Å². The van der Waals surface area contributed by atoms with Crippen LogP contribution in [0.4, 0.5) is 0 Å². The van der Waals surface area contributed by atoms with Crippen LogP contribution in [0.1, 0.15) is 19.4 Å². The second kappa shape index (κ2) is 7.33. The van der Waals surface area contributed by atoms with Crippen molar-refractivity contribution in [3.63, 3.8) is 0 Å². The molecule has 0 bridgehead atoms. The van der Waals surface area contributed by atoms with Gasteiger partial charge >= 0.3 is 0 Å². The average molecular weight is 252 g/mol. The predicted octanol–water partition coefficient (Wildman–Crippen LogP) is 2.22. The minimum atomic E-state index is 0.0578. The van der Waals surface area contributed by atoms with Crippen molar-refractivity contribution in [1.82, 2.24) is 9.88 Å². The molecule has 0 aliphatic rings. The van der Waals surface area contributed by atoms with E-state index in [-0.39, 0.29) is 11.2 Å². The molecular formula is C13H20N2OS. The van der Waals surface area contributed by atoms with E-state index in [1.807, 2.05) is 31.0 Å². The summed E-state index contributed by atoms with van der Waals surface area (Å²) in [4.78, 5) is 17.7. The van der Waals surface area contributed by atoms with Crippen molar-refractivity contribution in [2.75, 3.05) is 19.3 Å². The molecule has 3 nitrogen and oxygen atoms in total. The summed E-state index contributed by atoms with van der Waals surface area (Å²) in [5, 5.41) is 0.0578. The number of carbonyl (C=O) groups excluding carboxylic acids is 1. The zero-order chi connectivity index (χ0) is 12.7. The smallest absolute Gasteiger partial charge is 0.235 e. The van der Waals surface area contributed by atoms with Crippen LogP contribution < -0.4 is 0 Å². The van der Waals surface area contributed by atoms with Crippen molar-refractivity contribution >= 4 is 17.7 Å². The highest BCUT2D eigenvalue weighted by Gasteiger charge is 2.16. The minimum absolute atomic E-state index is 0.0578. The van der Waals surface area contributed by atoms with E-state index < -0.39 is 0 Å². The molecule has 0 aliphatic carbocycles. The Labute approximate surface area is 108 Å². The van der Waals surface area contributed by atoms with Gasteiger partial charge in [-0.3, -0.25) is 9.78 Å². The van der Waals surface area contributed by atoms with Crippen LogP contribution in [-0.4, -0.2) is 40.4 Å². The Kier molecular flexibility index (Phi) is 6.05. The number of hydrogen-bond donors (Lipinski definition) is 0. The van der Waals surface area contributed by atoms with Gasteiger partial charge in [0.05, 0.1) is 5.25 Å². The lowest BCUT2D eigenvalue weighted by molar-refractivity contribution is -0.128. The summed E-state index contributed by atoms with van der Waals surface area (Å²) in [5.74, 6) is 1.19. The maximum absolute atomic E-state index is 11.9. The van der Waals surface area contributed by atoms with Gasteiger partial charge in [0.1, 0.15) is 0 Å². The van der Waals surface area contributed by atoms with Gasteiger partial charge in [0.2, 0.25) is 5.91 Å². The molecule has 1 aromatic heterocycles. The standard InChI is InChI=1S/C13H20N2OS/c1-4-17-11(2)13(16)15(3)10-7-12-5-8-14-9-6-12/h5-6,8-9,11H,4,7,10H2,1-3H3. The molecule has 1 aromatic rings. The van der Waals surface area contributed by atoms with Crippen molar-refractivity contribution in [2.45, 2.75) is 25.5 Å². The molecular weight excluding hydrogens is 232 g/mol. The monoisotopic (exact) mass is 252 g/mol. The Bertz CT molecular complexity index is 343. The molecule has 0 aliphatic heterocycles. The third-order valence-electron chi connectivity index (χ3n) is 2.63. The van der Waals surface area contributed by atoms with Crippen LogP contribution in [0.3, 0.4) is 0 Å². The van der Waals surface area contributed by atoms with Gasteiger partial charge in [0.25, 0.3) is 0 Å². The van der Waals surface area contributed by atoms with Gasteiger partial charge in [-0.1, -0.05) is 6.92 Å². The molecule has 1 atom stereocenters. The van der Waals surface area contributed by atoms with E-state index in [0.29, 0.717) is 0 Å². The van der Waals surface area contributed by atoms with Gasteiger partial charge in [0.15, 0.2) is 0 Å². The van der Waals surface area contributed by atoms with E-state index in [4.69, 9.17) is 0 Å². The number of nitrogens with zero attached hydrogens (tertiary/aromatic N) is 2. The summed E-state index contributed by atoms with van der Waals surface area (Å²) in [6.07, 6.45) is 4.45. The molecule has 1 unspecified atom stereocenters. The van der Waals surface area contributed by atoms with Gasteiger partial charge in [-0.05, 0) is 36.8 Å². The van der Waals surface area contributed by atoms with Crippen molar-refractivity contribution in [2.24, 2.45) is 0 Å². The summed E-state index contributed by atoms with van der Waals surface area (Å²) < 4.78 is 0. The fourth-order valence-corrected chi connectivity index (χ4v) is 2.41. The Balaban J connectivity index is 2.39. The van der Waals surface area contributed by atoms with E-state index in [1.54, 1.807) is 24.2 Å². The maximum atomic E-state index is 11.9. The molecule has 0 saturated carbocycles. The SMILES string of the molecule is CCSC(C)C(=O)N(C)CCc1ccncc1. The first-order valence-corrected chi connectivity index (χ1v) is 6.95. The van der Waals surface area contributed by atoms with Crippen LogP contribution in [0.2, 0.25) is 0 Å². The topological polar surface area (TPSA) is 33.2 Å². The average Bonchev–Trinajstić information content (AvgIpc) is 2.36. The third-order valence-corrected chi connectivity index (χ3v) is 3.66. The molecule has 0 fully saturated rings. The quantitative estimate of drug-likeness (QED) is 0.778.